The second-order valence-electron chi connectivity index (χ2n) is 3.87. The fourth-order valence-electron chi connectivity index (χ4n) is 1.61. The van der Waals surface area contributed by atoms with Gasteiger partial charge in [-0.1, -0.05) is 0 Å². The molecule has 1 aromatic heterocycles. The number of aromatic nitrogens is 2. The van der Waals surface area contributed by atoms with Gasteiger partial charge in [0, 0.05) is 25.6 Å². The summed E-state index contributed by atoms with van der Waals surface area (Å²) in [5.74, 6) is 0.696. The monoisotopic (exact) mass is 193 g/mol. The van der Waals surface area contributed by atoms with E-state index < -0.39 is 0 Å². The molecule has 1 aliphatic rings. The largest absolute Gasteiger partial charge is 0.351 e. The van der Waals surface area contributed by atoms with Gasteiger partial charge in [0.1, 0.15) is 0 Å². The molecule has 1 fully saturated rings. The zero-order valence-corrected chi connectivity index (χ0v) is 8.58. The summed E-state index contributed by atoms with van der Waals surface area (Å²) >= 11 is 0. The van der Waals surface area contributed by atoms with E-state index in [1.54, 1.807) is 0 Å². The van der Waals surface area contributed by atoms with Gasteiger partial charge in [0.05, 0.1) is 12.2 Å². The highest BCUT2D eigenvalue weighted by atomic mass is 16.1. The first-order valence-corrected chi connectivity index (χ1v) is 4.94. The van der Waals surface area contributed by atoms with E-state index in [1.807, 2.05) is 11.7 Å². The van der Waals surface area contributed by atoms with Crippen molar-refractivity contribution >= 4 is 5.91 Å². The molecule has 1 aliphatic carbocycles. The summed E-state index contributed by atoms with van der Waals surface area (Å²) in [4.78, 5) is 10.7. The lowest BCUT2D eigenvalue weighted by molar-refractivity contribution is -0.119. The Morgan fingerprint density at radius 3 is 3.00 bits per heavy atom. The smallest absolute Gasteiger partial charge is 0.217 e. The first kappa shape index (κ1) is 9.24. The van der Waals surface area contributed by atoms with Gasteiger partial charge in [-0.3, -0.25) is 9.48 Å². The van der Waals surface area contributed by atoms with E-state index in [0.717, 1.165) is 5.69 Å². The molecule has 4 heteroatoms. The van der Waals surface area contributed by atoms with Crippen molar-refractivity contribution in [3.05, 3.63) is 17.5 Å². The van der Waals surface area contributed by atoms with E-state index in [2.05, 4.69) is 16.5 Å². The summed E-state index contributed by atoms with van der Waals surface area (Å²) in [6.07, 6.45) is 2.55. The highest BCUT2D eigenvalue weighted by Crippen LogP contribution is 2.39. The molecule has 0 unspecified atom stereocenters. The SMILES string of the molecule is CC(=O)NCc1cc(C2CC2)n(C)n1. The lowest BCUT2D eigenvalue weighted by Gasteiger charge is -1.96. The first-order chi connectivity index (χ1) is 6.66. The van der Waals surface area contributed by atoms with Crippen LogP contribution in [0.1, 0.15) is 37.1 Å². The molecule has 1 N–H and O–H groups in total. The van der Waals surface area contributed by atoms with Crippen molar-refractivity contribution in [3.63, 3.8) is 0 Å². The highest BCUT2D eigenvalue weighted by molar-refractivity contribution is 5.72. The molecule has 14 heavy (non-hydrogen) atoms. The van der Waals surface area contributed by atoms with Crippen molar-refractivity contribution in [1.82, 2.24) is 15.1 Å². The van der Waals surface area contributed by atoms with Crippen molar-refractivity contribution < 1.29 is 4.79 Å². The predicted octanol–water partition coefficient (Wildman–Crippen LogP) is 0.934. The molecule has 1 heterocycles. The number of hydrogen-bond donors (Lipinski definition) is 1. The fourth-order valence-corrected chi connectivity index (χ4v) is 1.61. The second kappa shape index (κ2) is 3.44. The Bertz CT molecular complexity index is 352. The maximum absolute atomic E-state index is 10.7. The Labute approximate surface area is 83.3 Å². The van der Waals surface area contributed by atoms with Gasteiger partial charge in [-0.05, 0) is 18.9 Å². The number of nitrogens with zero attached hydrogens (tertiary/aromatic N) is 2. The topological polar surface area (TPSA) is 46.9 Å². The van der Waals surface area contributed by atoms with E-state index >= 15 is 0 Å². The Hall–Kier alpha value is -1.32. The average Bonchev–Trinajstić information content (AvgIpc) is 2.88. The van der Waals surface area contributed by atoms with Gasteiger partial charge in [-0.2, -0.15) is 5.10 Å². The van der Waals surface area contributed by atoms with Crippen LogP contribution in [0.2, 0.25) is 0 Å². The highest BCUT2D eigenvalue weighted by Gasteiger charge is 2.26. The molecule has 0 saturated heterocycles. The molecule has 0 spiro atoms. The Morgan fingerprint density at radius 2 is 2.43 bits per heavy atom. The van der Waals surface area contributed by atoms with E-state index in [-0.39, 0.29) is 5.91 Å². The number of rotatable bonds is 3. The third-order valence-corrected chi connectivity index (χ3v) is 2.48. The number of carbonyl (C=O) groups is 1. The van der Waals surface area contributed by atoms with E-state index in [1.165, 1.54) is 25.5 Å². The van der Waals surface area contributed by atoms with Crippen LogP contribution in [0.25, 0.3) is 0 Å². The van der Waals surface area contributed by atoms with Crippen LogP contribution >= 0.6 is 0 Å². The minimum atomic E-state index is -0.0105. The molecule has 76 valence electrons. The van der Waals surface area contributed by atoms with Gasteiger partial charge < -0.3 is 5.32 Å². The van der Waals surface area contributed by atoms with Crippen LogP contribution in [-0.4, -0.2) is 15.7 Å². The van der Waals surface area contributed by atoms with Crippen LogP contribution in [-0.2, 0) is 18.4 Å². The number of carbonyl (C=O) groups excluding carboxylic acids is 1. The maximum Gasteiger partial charge on any atom is 0.217 e. The van der Waals surface area contributed by atoms with Gasteiger partial charge in [0.2, 0.25) is 5.91 Å². The summed E-state index contributed by atoms with van der Waals surface area (Å²) in [6.45, 7) is 2.06. The van der Waals surface area contributed by atoms with Crippen molar-refractivity contribution in [1.29, 1.82) is 0 Å². The zero-order valence-electron chi connectivity index (χ0n) is 8.58. The van der Waals surface area contributed by atoms with Gasteiger partial charge >= 0.3 is 0 Å². The summed E-state index contributed by atoms with van der Waals surface area (Å²) in [7, 11) is 1.96. The van der Waals surface area contributed by atoms with E-state index in [9.17, 15) is 4.79 Å². The lowest BCUT2D eigenvalue weighted by atomic mass is 10.2. The second-order valence-corrected chi connectivity index (χ2v) is 3.87. The average molecular weight is 193 g/mol. The summed E-state index contributed by atoms with van der Waals surface area (Å²) in [5.41, 5.74) is 2.25. The Morgan fingerprint density at radius 1 is 1.71 bits per heavy atom. The van der Waals surface area contributed by atoms with Gasteiger partial charge in [0.15, 0.2) is 0 Å². The molecular weight excluding hydrogens is 178 g/mol. The fraction of sp³-hybridized carbons (Fsp3) is 0.600. The molecule has 0 atom stereocenters. The third-order valence-electron chi connectivity index (χ3n) is 2.48. The standard InChI is InChI=1S/C10H15N3O/c1-7(14)11-6-9-5-10(8-3-4-8)13(2)12-9/h5,8H,3-4,6H2,1-2H3,(H,11,14). The Kier molecular flexibility index (Phi) is 2.27. The number of aryl methyl sites for hydroxylation is 1. The predicted molar refractivity (Wildman–Crippen MR) is 52.7 cm³/mol. The van der Waals surface area contributed by atoms with Gasteiger partial charge in [-0.15, -0.1) is 0 Å². The minimum absolute atomic E-state index is 0.0105. The van der Waals surface area contributed by atoms with Crippen LogP contribution in [0.4, 0.5) is 0 Å². The molecule has 1 saturated carbocycles. The van der Waals surface area contributed by atoms with E-state index in [4.69, 9.17) is 0 Å². The molecule has 1 aromatic rings. The van der Waals surface area contributed by atoms with Crippen molar-refractivity contribution in [3.8, 4) is 0 Å². The summed E-state index contributed by atoms with van der Waals surface area (Å²) in [5, 5.41) is 7.09. The molecule has 0 aromatic carbocycles. The Balaban J connectivity index is 2.04. The van der Waals surface area contributed by atoms with Crippen LogP contribution in [0.5, 0.6) is 0 Å². The lowest BCUT2D eigenvalue weighted by Crippen LogP contribution is -2.19. The summed E-state index contributed by atoms with van der Waals surface area (Å²) in [6, 6.07) is 2.09. The number of nitrogens with one attached hydrogen (secondary N) is 1. The van der Waals surface area contributed by atoms with Crippen LogP contribution < -0.4 is 5.32 Å². The van der Waals surface area contributed by atoms with Crippen LogP contribution in [0.15, 0.2) is 6.07 Å². The number of hydrogen-bond acceptors (Lipinski definition) is 2. The summed E-state index contributed by atoms with van der Waals surface area (Å²) < 4.78 is 1.93. The van der Waals surface area contributed by atoms with Crippen LogP contribution in [0, 0.1) is 0 Å². The zero-order chi connectivity index (χ0) is 10.1. The van der Waals surface area contributed by atoms with Crippen LogP contribution in [0.3, 0.4) is 0 Å². The first-order valence-electron chi connectivity index (χ1n) is 4.94. The maximum atomic E-state index is 10.7. The van der Waals surface area contributed by atoms with E-state index in [0.29, 0.717) is 12.5 Å². The van der Waals surface area contributed by atoms with Gasteiger partial charge in [-0.25, -0.2) is 0 Å². The van der Waals surface area contributed by atoms with Crippen molar-refractivity contribution in [2.45, 2.75) is 32.2 Å². The minimum Gasteiger partial charge on any atom is -0.351 e. The molecule has 0 aliphatic heterocycles. The number of amides is 1. The quantitative estimate of drug-likeness (QED) is 0.776. The molecule has 1 amide bonds. The van der Waals surface area contributed by atoms with Gasteiger partial charge in [0.25, 0.3) is 0 Å². The molecule has 4 nitrogen and oxygen atoms in total. The van der Waals surface area contributed by atoms with Crippen molar-refractivity contribution in [2.24, 2.45) is 7.05 Å². The molecular formula is C10H15N3O. The molecule has 2 rings (SSSR count). The molecule has 0 bridgehead atoms. The normalized spacial score (nSPS) is 15.6. The van der Waals surface area contributed by atoms with Crippen molar-refractivity contribution in [2.75, 3.05) is 0 Å². The molecule has 0 radical (unpaired) electrons. The third kappa shape index (κ3) is 1.95.